The maximum absolute atomic E-state index is 12.2. The number of sulfonamides is 1. The van der Waals surface area contributed by atoms with Gasteiger partial charge in [-0.05, 0) is 41.1 Å². The van der Waals surface area contributed by atoms with Gasteiger partial charge in [0.15, 0.2) is 0 Å². The molecule has 0 spiro atoms. The van der Waals surface area contributed by atoms with Gasteiger partial charge in [-0.2, -0.15) is 4.31 Å². The SMILES string of the molecule is CC(CN)N(C)S(=O)(=O)c1ccc(Br)c(Cl)c1. The fourth-order valence-corrected chi connectivity index (χ4v) is 3.08. The lowest BCUT2D eigenvalue weighted by molar-refractivity contribution is 0.394. The molecule has 2 N–H and O–H groups in total. The van der Waals surface area contributed by atoms with E-state index in [0.717, 1.165) is 0 Å². The van der Waals surface area contributed by atoms with Gasteiger partial charge in [-0.1, -0.05) is 11.6 Å². The Morgan fingerprint density at radius 2 is 2.12 bits per heavy atom. The van der Waals surface area contributed by atoms with Crippen molar-refractivity contribution in [2.75, 3.05) is 13.6 Å². The van der Waals surface area contributed by atoms with E-state index in [1.807, 2.05) is 0 Å². The highest BCUT2D eigenvalue weighted by Crippen LogP contribution is 2.26. The van der Waals surface area contributed by atoms with Crippen LogP contribution in [0.5, 0.6) is 0 Å². The zero-order valence-corrected chi connectivity index (χ0v) is 12.7. The fraction of sp³-hybridized carbons (Fsp3) is 0.400. The summed E-state index contributed by atoms with van der Waals surface area (Å²) in [4.78, 5) is 0.161. The van der Waals surface area contributed by atoms with Gasteiger partial charge in [0.1, 0.15) is 0 Å². The maximum atomic E-state index is 12.2. The Kier molecular flexibility index (Phi) is 4.97. The quantitative estimate of drug-likeness (QED) is 0.912. The Morgan fingerprint density at radius 1 is 1.53 bits per heavy atom. The molecule has 0 fully saturated rings. The van der Waals surface area contributed by atoms with Crippen molar-refractivity contribution in [3.8, 4) is 0 Å². The molecular formula is C10H14BrClN2O2S. The molecule has 0 saturated carbocycles. The summed E-state index contributed by atoms with van der Waals surface area (Å²) >= 11 is 9.10. The van der Waals surface area contributed by atoms with Crippen LogP contribution in [0.2, 0.25) is 5.02 Å². The van der Waals surface area contributed by atoms with Gasteiger partial charge in [0.25, 0.3) is 0 Å². The predicted octanol–water partition coefficient (Wildman–Crippen LogP) is 2.07. The molecule has 17 heavy (non-hydrogen) atoms. The van der Waals surface area contributed by atoms with Crippen LogP contribution in [0.4, 0.5) is 0 Å². The summed E-state index contributed by atoms with van der Waals surface area (Å²) in [6.45, 7) is 2.01. The molecule has 1 rings (SSSR count). The van der Waals surface area contributed by atoms with Crippen molar-refractivity contribution >= 4 is 37.6 Å². The van der Waals surface area contributed by atoms with Gasteiger partial charge in [0, 0.05) is 24.1 Å². The molecule has 0 aliphatic heterocycles. The number of nitrogens with two attached hydrogens (primary N) is 1. The molecule has 0 saturated heterocycles. The molecular weight excluding hydrogens is 328 g/mol. The summed E-state index contributed by atoms with van der Waals surface area (Å²) in [6.07, 6.45) is 0. The monoisotopic (exact) mass is 340 g/mol. The number of benzene rings is 1. The number of hydrogen-bond donors (Lipinski definition) is 1. The minimum atomic E-state index is -3.54. The molecule has 0 aliphatic carbocycles. The molecule has 1 unspecified atom stereocenters. The zero-order valence-electron chi connectivity index (χ0n) is 9.52. The highest BCUT2D eigenvalue weighted by atomic mass is 79.9. The van der Waals surface area contributed by atoms with E-state index in [1.54, 1.807) is 13.0 Å². The number of halogens is 2. The van der Waals surface area contributed by atoms with Crippen LogP contribution in [0.3, 0.4) is 0 Å². The molecule has 7 heteroatoms. The number of nitrogens with zero attached hydrogens (tertiary/aromatic N) is 1. The minimum Gasteiger partial charge on any atom is -0.329 e. The number of hydrogen-bond acceptors (Lipinski definition) is 3. The summed E-state index contributed by atoms with van der Waals surface area (Å²) in [5.74, 6) is 0. The van der Waals surface area contributed by atoms with Crippen LogP contribution in [0.1, 0.15) is 6.92 Å². The average molecular weight is 342 g/mol. The van der Waals surface area contributed by atoms with E-state index in [-0.39, 0.29) is 17.5 Å². The summed E-state index contributed by atoms with van der Waals surface area (Å²) in [5, 5.41) is 0.361. The molecule has 0 amide bonds. The zero-order chi connectivity index (χ0) is 13.2. The first kappa shape index (κ1) is 14.9. The Labute approximate surface area is 115 Å². The van der Waals surface area contributed by atoms with Crippen molar-refractivity contribution in [3.63, 3.8) is 0 Å². The van der Waals surface area contributed by atoms with Gasteiger partial charge >= 0.3 is 0 Å². The smallest absolute Gasteiger partial charge is 0.243 e. The van der Waals surface area contributed by atoms with Crippen LogP contribution in [-0.4, -0.2) is 32.4 Å². The summed E-state index contributed by atoms with van der Waals surface area (Å²) < 4.78 is 26.3. The number of likely N-dealkylation sites (N-methyl/N-ethyl adjacent to an activating group) is 1. The van der Waals surface area contributed by atoms with Crippen LogP contribution in [0.15, 0.2) is 27.6 Å². The van der Waals surface area contributed by atoms with E-state index in [1.165, 1.54) is 23.5 Å². The predicted molar refractivity (Wildman–Crippen MR) is 72.6 cm³/mol. The standard InChI is InChI=1S/C10H14BrClN2O2S/c1-7(6-13)14(2)17(15,16)8-3-4-9(11)10(12)5-8/h3-5,7H,6,13H2,1-2H3. The highest BCUT2D eigenvalue weighted by molar-refractivity contribution is 9.10. The molecule has 4 nitrogen and oxygen atoms in total. The lowest BCUT2D eigenvalue weighted by Gasteiger charge is -2.23. The first-order valence-electron chi connectivity index (χ1n) is 4.94. The second-order valence-corrected chi connectivity index (χ2v) is 6.94. The van der Waals surface area contributed by atoms with E-state index >= 15 is 0 Å². The van der Waals surface area contributed by atoms with Crippen LogP contribution >= 0.6 is 27.5 Å². The fourth-order valence-electron chi connectivity index (χ4n) is 1.19. The highest BCUT2D eigenvalue weighted by Gasteiger charge is 2.24. The lowest BCUT2D eigenvalue weighted by atomic mass is 10.4. The maximum Gasteiger partial charge on any atom is 0.243 e. The van der Waals surface area contributed by atoms with E-state index < -0.39 is 10.0 Å². The first-order chi connectivity index (χ1) is 7.80. The van der Waals surface area contributed by atoms with E-state index in [0.29, 0.717) is 9.50 Å². The Hall–Kier alpha value is -0.140. The number of rotatable bonds is 4. The molecule has 0 radical (unpaired) electrons. The van der Waals surface area contributed by atoms with Crippen LogP contribution < -0.4 is 5.73 Å². The molecule has 0 bridgehead atoms. The average Bonchev–Trinajstić information content (AvgIpc) is 2.30. The minimum absolute atomic E-state index is 0.161. The van der Waals surface area contributed by atoms with Crippen molar-refractivity contribution in [3.05, 3.63) is 27.7 Å². The topological polar surface area (TPSA) is 63.4 Å². The second-order valence-electron chi connectivity index (χ2n) is 3.68. The lowest BCUT2D eigenvalue weighted by Crippen LogP contribution is -2.39. The summed E-state index contributed by atoms with van der Waals surface area (Å²) in [7, 11) is -2.04. The Balaban J connectivity index is 3.17. The van der Waals surface area contributed by atoms with E-state index in [9.17, 15) is 8.42 Å². The van der Waals surface area contributed by atoms with Crippen molar-refractivity contribution in [2.45, 2.75) is 17.9 Å². The van der Waals surface area contributed by atoms with Crippen LogP contribution in [0.25, 0.3) is 0 Å². The Bertz CT molecular complexity index is 507. The normalized spacial score (nSPS) is 14.0. The third-order valence-electron chi connectivity index (χ3n) is 2.53. The van der Waals surface area contributed by atoms with Crippen LogP contribution in [-0.2, 0) is 10.0 Å². The second kappa shape index (κ2) is 5.67. The van der Waals surface area contributed by atoms with Gasteiger partial charge in [0.2, 0.25) is 10.0 Å². The molecule has 0 aliphatic rings. The van der Waals surface area contributed by atoms with E-state index in [2.05, 4.69) is 15.9 Å². The summed E-state index contributed by atoms with van der Waals surface area (Å²) in [5.41, 5.74) is 5.46. The third-order valence-corrected chi connectivity index (χ3v) is 5.73. The van der Waals surface area contributed by atoms with E-state index in [4.69, 9.17) is 17.3 Å². The molecule has 1 aromatic carbocycles. The van der Waals surface area contributed by atoms with Crippen molar-refractivity contribution < 1.29 is 8.42 Å². The van der Waals surface area contributed by atoms with Gasteiger partial charge in [-0.15, -0.1) is 0 Å². The molecule has 96 valence electrons. The van der Waals surface area contributed by atoms with Crippen molar-refractivity contribution in [2.24, 2.45) is 5.73 Å². The first-order valence-corrected chi connectivity index (χ1v) is 7.55. The van der Waals surface area contributed by atoms with Crippen molar-refractivity contribution in [1.82, 2.24) is 4.31 Å². The molecule has 1 atom stereocenters. The third kappa shape index (κ3) is 3.20. The van der Waals surface area contributed by atoms with Crippen LogP contribution in [0, 0.1) is 0 Å². The van der Waals surface area contributed by atoms with Crippen molar-refractivity contribution in [1.29, 1.82) is 0 Å². The van der Waals surface area contributed by atoms with Gasteiger partial charge in [0.05, 0.1) is 9.92 Å². The van der Waals surface area contributed by atoms with Gasteiger partial charge in [-0.25, -0.2) is 8.42 Å². The Morgan fingerprint density at radius 3 is 2.59 bits per heavy atom. The van der Waals surface area contributed by atoms with Gasteiger partial charge < -0.3 is 5.73 Å². The largest absolute Gasteiger partial charge is 0.329 e. The summed E-state index contributed by atoms with van der Waals surface area (Å²) in [6, 6.07) is 4.27. The molecule has 0 aromatic heterocycles. The molecule has 0 heterocycles. The van der Waals surface area contributed by atoms with Gasteiger partial charge in [-0.3, -0.25) is 0 Å². The molecule has 1 aromatic rings.